The SMILES string of the molecule is CCC(=O)c1ccc(OCC(=O)N2c3ccccc3OC[C@H]2c2ccccc2)cc1. The Morgan fingerprint density at radius 2 is 1.67 bits per heavy atom. The van der Waals surface area contributed by atoms with E-state index >= 15 is 0 Å². The predicted octanol–water partition coefficient (Wildman–Crippen LogP) is 4.83. The summed E-state index contributed by atoms with van der Waals surface area (Å²) >= 11 is 0. The molecule has 4 rings (SSSR count). The largest absolute Gasteiger partial charge is 0.489 e. The minimum Gasteiger partial charge on any atom is -0.489 e. The summed E-state index contributed by atoms with van der Waals surface area (Å²) in [6, 6.07) is 24.0. The van der Waals surface area contributed by atoms with Crippen LogP contribution in [0.25, 0.3) is 0 Å². The minimum atomic E-state index is -0.234. The van der Waals surface area contributed by atoms with Gasteiger partial charge in [0.1, 0.15) is 18.1 Å². The number of ketones is 1. The standard InChI is InChI=1S/C25H23NO4/c1-2-23(27)19-12-14-20(15-13-19)29-17-25(28)26-21-10-6-7-11-24(21)30-16-22(26)18-8-4-3-5-9-18/h3-15,22H,2,16-17H2,1H3/t22-/m0/s1. The van der Waals surface area contributed by atoms with Crippen molar-refractivity contribution in [3.05, 3.63) is 90.0 Å². The van der Waals surface area contributed by atoms with Gasteiger partial charge in [0.15, 0.2) is 12.4 Å². The van der Waals surface area contributed by atoms with Crippen LogP contribution in [0, 0.1) is 0 Å². The molecule has 0 radical (unpaired) electrons. The van der Waals surface area contributed by atoms with Gasteiger partial charge < -0.3 is 9.47 Å². The van der Waals surface area contributed by atoms with Gasteiger partial charge in [-0.15, -0.1) is 0 Å². The first-order chi connectivity index (χ1) is 14.7. The lowest BCUT2D eigenvalue weighted by molar-refractivity contribution is -0.121. The number of benzene rings is 3. The van der Waals surface area contributed by atoms with E-state index in [1.165, 1.54) is 0 Å². The molecule has 30 heavy (non-hydrogen) atoms. The Morgan fingerprint density at radius 3 is 2.40 bits per heavy atom. The first kappa shape index (κ1) is 19.7. The lowest BCUT2D eigenvalue weighted by atomic mass is 10.0. The summed E-state index contributed by atoms with van der Waals surface area (Å²) in [5, 5.41) is 0. The molecule has 0 unspecified atom stereocenters. The van der Waals surface area contributed by atoms with Crippen LogP contribution < -0.4 is 14.4 Å². The average molecular weight is 401 g/mol. The number of Topliss-reactive ketones (excluding diaryl/α,β-unsaturated/α-hetero) is 1. The van der Waals surface area contributed by atoms with Gasteiger partial charge >= 0.3 is 0 Å². The lowest BCUT2D eigenvalue weighted by Gasteiger charge is -2.37. The highest BCUT2D eigenvalue weighted by Gasteiger charge is 2.33. The van der Waals surface area contributed by atoms with Gasteiger partial charge in [-0.25, -0.2) is 0 Å². The third-order valence-electron chi connectivity index (χ3n) is 5.15. The van der Waals surface area contributed by atoms with Crippen molar-refractivity contribution in [2.24, 2.45) is 0 Å². The van der Waals surface area contributed by atoms with Crippen LogP contribution in [-0.2, 0) is 4.79 Å². The van der Waals surface area contributed by atoms with Gasteiger partial charge in [0.05, 0.1) is 11.7 Å². The number of anilines is 1. The molecule has 1 heterocycles. The summed E-state index contributed by atoms with van der Waals surface area (Å²) in [5.41, 5.74) is 2.38. The maximum absolute atomic E-state index is 13.2. The molecule has 1 amide bonds. The van der Waals surface area contributed by atoms with Gasteiger partial charge in [-0.3, -0.25) is 14.5 Å². The summed E-state index contributed by atoms with van der Waals surface area (Å²) in [4.78, 5) is 26.8. The molecular weight excluding hydrogens is 378 g/mol. The molecule has 0 aromatic heterocycles. The number of fused-ring (bicyclic) bond motifs is 1. The quantitative estimate of drug-likeness (QED) is 0.556. The zero-order valence-corrected chi connectivity index (χ0v) is 16.8. The summed E-state index contributed by atoms with van der Waals surface area (Å²) in [7, 11) is 0. The summed E-state index contributed by atoms with van der Waals surface area (Å²) in [6.45, 7) is 2.09. The highest BCUT2D eigenvalue weighted by molar-refractivity contribution is 5.97. The Morgan fingerprint density at radius 1 is 0.967 bits per heavy atom. The van der Waals surface area contributed by atoms with E-state index in [9.17, 15) is 9.59 Å². The number of amides is 1. The number of carbonyl (C=O) groups excluding carboxylic acids is 2. The Bertz CT molecular complexity index is 1030. The number of ether oxygens (including phenoxy) is 2. The maximum atomic E-state index is 13.2. The predicted molar refractivity (Wildman–Crippen MR) is 115 cm³/mol. The Labute approximate surface area is 175 Å². The van der Waals surface area contributed by atoms with E-state index in [0.717, 1.165) is 11.3 Å². The molecule has 152 valence electrons. The molecule has 3 aromatic rings. The van der Waals surface area contributed by atoms with E-state index in [2.05, 4.69) is 0 Å². The zero-order chi connectivity index (χ0) is 20.9. The molecule has 0 fully saturated rings. The van der Waals surface area contributed by atoms with Crippen LogP contribution in [-0.4, -0.2) is 24.9 Å². The molecule has 3 aromatic carbocycles. The highest BCUT2D eigenvalue weighted by atomic mass is 16.5. The van der Waals surface area contributed by atoms with Crippen molar-refractivity contribution in [3.63, 3.8) is 0 Å². The molecule has 0 saturated heterocycles. The Hall–Kier alpha value is -3.60. The molecule has 5 nitrogen and oxygen atoms in total. The van der Waals surface area contributed by atoms with E-state index in [0.29, 0.717) is 30.1 Å². The van der Waals surface area contributed by atoms with Gasteiger partial charge in [0.25, 0.3) is 5.91 Å². The number of para-hydroxylation sites is 2. The third-order valence-corrected chi connectivity index (χ3v) is 5.15. The van der Waals surface area contributed by atoms with E-state index < -0.39 is 0 Å². The van der Waals surface area contributed by atoms with E-state index in [-0.39, 0.29) is 24.3 Å². The molecule has 5 heteroatoms. The van der Waals surface area contributed by atoms with Crippen molar-refractivity contribution in [2.75, 3.05) is 18.1 Å². The number of nitrogens with zero attached hydrogens (tertiary/aromatic N) is 1. The summed E-state index contributed by atoms with van der Waals surface area (Å²) in [6.07, 6.45) is 0.454. The minimum absolute atomic E-state index is 0.0771. The fourth-order valence-corrected chi connectivity index (χ4v) is 3.57. The first-order valence-electron chi connectivity index (χ1n) is 10.0. The lowest BCUT2D eigenvalue weighted by Crippen LogP contribution is -2.43. The monoisotopic (exact) mass is 401 g/mol. The van der Waals surface area contributed by atoms with Gasteiger partial charge in [0.2, 0.25) is 0 Å². The first-order valence-corrected chi connectivity index (χ1v) is 10.0. The second kappa shape index (κ2) is 8.82. The topological polar surface area (TPSA) is 55.8 Å². The molecule has 1 aliphatic heterocycles. The molecule has 0 aliphatic carbocycles. The van der Waals surface area contributed by atoms with E-state index in [4.69, 9.17) is 9.47 Å². The Kier molecular flexibility index (Phi) is 5.80. The average Bonchev–Trinajstić information content (AvgIpc) is 2.82. The van der Waals surface area contributed by atoms with Crippen LogP contribution in [0.3, 0.4) is 0 Å². The summed E-state index contributed by atoms with van der Waals surface area (Å²) < 4.78 is 11.7. The number of rotatable bonds is 6. The Balaban J connectivity index is 1.54. The molecule has 0 N–H and O–H groups in total. The van der Waals surface area contributed by atoms with E-state index in [1.54, 1.807) is 29.2 Å². The van der Waals surface area contributed by atoms with Crippen LogP contribution in [0.1, 0.15) is 35.3 Å². The molecule has 0 bridgehead atoms. The van der Waals surface area contributed by atoms with Crippen molar-refractivity contribution in [3.8, 4) is 11.5 Å². The van der Waals surface area contributed by atoms with Crippen LogP contribution in [0.4, 0.5) is 5.69 Å². The fraction of sp³-hybridized carbons (Fsp3) is 0.200. The van der Waals surface area contributed by atoms with Gasteiger partial charge in [-0.05, 0) is 42.0 Å². The third kappa shape index (κ3) is 4.06. The number of hydrogen-bond acceptors (Lipinski definition) is 4. The molecule has 0 saturated carbocycles. The van der Waals surface area contributed by atoms with Gasteiger partial charge in [-0.2, -0.15) is 0 Å². The second-order valence-electron chi connectivity index (χ2n) is 7.06. The number of carbonyl (C=O) groups is 2. The fourth-order valence-electron chi connectivity index (χ4n) is 3.57. The molecule has 1 atom stereocenters. The summed E-state index contributed by atoms with van der Waals surface area (Å²) in [5.74, 6) is 1.15. The van der Waals surface area contributed by atoms with Crippen LogP contribution in [0.5, 0.6) is 11.5 Å². The van der Waals surface area contributed by atoms with Gasteiger partial charge in [0, 0.05) is 12.0 Å². The molecule has 1 aliphatic rings. The normalized spacial score (nSPS) is 15.1. The number of hydrogen-bond donors (Lipinski definition) is 0. The highest BCUT2D eigenvalue weighted by Crippen LogP contribution is 2.39. The van der Waals surface area contributed by atoms with Crippen molar-refractivity contribution in [2.45, 2.75) is 19.4 Å². The second-order valence-corrected chi connectivity index (χ2v) is 7.06. The van der Waals surface area contributed by atoms with Crippen LogP contribution >= 0.6 is 0 Å². The maximum Gasteiger partial charge on any atom is 0.265 e. The van der Waals surface area contributed by atoms with Gasteiger partial charge in [-0.1, -0.05) is 49.4 Å². The molecular formula is C25H23NO4. The van der Waals surface area contributed by atoms with Crippen molar-refractivity contribution in [1.82, 2.24) is 0 Å². The van der Waals surface area contributed by atoms with Crippen molar-refractivity contribution >= 4 is 17.4 Å². The molecule has 0 spiro atoms. The smallest absolute Gasteiger partial charge is 0.265 e. The van der Waals surface area contributed by atoms with Crippen LogP contribution in [0.15, 0.2) is 78.9 Å². The van der Waals surface area contributed by atoms with E-state index in [1.807, 2.05) is 61.5 Å². The van der Waals surface area contributed by atoms with Crippen molar-refractivity contribution < 1.29 is 19.1 Å². The zero-order valence-electron chi connectivity index (χ0n) is 16.8. The van der Waals surface area contributed by atoms with Crippen molar-refractivity contribution in [1.29, 1.82) is 0 Å². The van der Waals surface area contributed by atoms with Crippen LogP contribution in [0.2, 0.25) is 0 Å².